The van der Waals surface area contributed by atoms with Crippen LogP contribution in [0.5, 0.6) is 0 Å². The van der Waals surface area contributed by atoms with Crippen molar-refractivity contribution in [2.45, 2.75) is 75.7 Å². The number of benzene rings is 2. The summed E-state index contributed by atoms with van der Waals surface area (Å²) in [7, 11) is 0. The van der Waals surface area contributed by atoms with Gasteiger partial charge in [0.15, 0.2) is 0 Å². The molecule has 0 aromatic heterocycles. The average molecular weight is 293 g/mol. The zero-order valence-electron chi connectivity index (χ0n) is 16.3. The van der Waals surface area contributed by atoms with E-state index in [0.29, 0.717) is 0 Å². The fourth-order valence-corrected chi connectivity index (χ4v) is 1.13. The summed E-state index contributed by atoms with van der Waals surface area (Å²) in [6.07, 6.45) is 1.25. The Balaban J connectivity index is -0.000000112. The number of rotatable bonds is 0. The van der Waals surface area contributed by atoms with Crippen molar-refractivity contribution in [3.05, 3.63) is 48.5 Å². The van der Waals surface area contributed by atoms with E-state index in [-0.39, 0.29) is 0 Å². The van der Waals surface area contributed by atoms with E-state index >= 15 is 0 Å². The maximum absolute atomic E-state index is 2.12. The molecule has 0 aliphatic carbocycles. The third-order valence-corrected chi connectivity index (χ3v) is 1.66. The molecule has 0 heterocycles. The van der Waals surface area contributed by atoms with Crippen LogP contribution in [0.25, 0.3) is 10.8 Å². The Labute approximate surface area is 135 Å². The lowest BCUT2D eigenvalue weighted by molar-refractivity contribution is 1.09. The summed E-state index contributed by atoms with van der Waals surface area (Å²) < 4.78 is 0. The number of fused-ring (bicyclic) bond motifs is 1. The van der Waals surface area contributed by atoms with Gasteiger partial charge in [0, 0.05) is 0 Å². The molecule has 0 radical (unpaired) electrons. The molecule has 0 aliphatic rings. The molecule has 2 aromatic carbocycles. The summed E-state index contributed by atoms with van der Waals surface area (Å²) >= 11 is 0. The van der Waals surface area contributed by atoms with Crippen molar-refractivity contribution in [3.8, 4) is 0 Å². The van der Waals surface area contributed by atoms with Crippen molar-refractivity contribution in [3.63, 3.8) is 0 Å². The van der Waals surface area contributed by atoms with Crippen LogP contribution in [0.3, 0.4) is 0 Å². The van der Waals surface area contributed by atoms with Crippen LogP contribution in [-0.4, -0.2) is 0 Å². The Morgan fingerprint density at radius 3 is 0.762 bits per heavy atom. The predicted molar refractivity (Wildman–Crippen MR) is 105 cm³/mol. The van der Waals surface area contributed by atoms with Crippen molar-refractivity contribution in [1.29, 1.82) is 0 Å². The zero-order valence-corrected chi connectivity index (χ0v) is 16.3. The highest BCUT2D eigenvalue weighted by Gasteiger charge is 1.85. The minimum atomic E-state index is 1.25. The van der Waals surface area contributed by atoms with Gasteiger partial charge in [-0.25, -0.2) is 0 Å². The molecule has 2 rings (SSSR count). The van der Waals surface area contributed by atoms with Gasteiger partial charge in [-0.3, -0.25) is 0 Å². The van der Waals surface area contributed by atoms with E-state index in [4.69, 9.17) is 0 Å². The second-order valence-corrected chi connectivity index (χ2v) is 3.05. The third-order valence-electron chi connectivity index (χ3n) is 1.66. The van der Waals surface area contributed by atoms with Crippen molar-refractivity contribution in [1.82, 2.24) is 0 Å². The maximum atomic E-state index is 2.12. The first-order valence-electron chi connectivity index (χ1n) is 8.82. The summed E-state index contributed by atoms with van der Waals surface area (Å²) in [4.78, 5) is 0. The molecule has 0 fully saturated rings. The molecular formula is C21H40. The average Bonchev–Trinajstić information content (AvgIpc) is 2.63. The quantitative estimate of drug-likeness (QED) is 0.457. The van der Waals surface area contributed by atoms with Crippen molar-refractivity contribution in [2.24, 2.45) is 0 Å². The van der Waals surface area contributed by atoms with Crippen LogP contribution in [0.1, 0.15) is 75.7 Å². The standard InChI is InChI=1S/C10H8.C3H8.4C2H6/c1-2-6-10-8-4-3-7-9(10)5-1;1-3-2;4*1-2/h1-8H;3H2,1-2H3;4*1-2H3. The predicted octanol–water partition coefficient (Wildman–Crippen LogP) is 8.36. The molecule has 0 N–H and O–H groups in total. The SMILES string of the molecule is CC.CC.CC.CC.CCC.c1ccc2ccccc2c1. The van der Waals surface area contributed by atoms with Gasteiger partial charge in [0.25, 0.3) is 0 Å². The molecule has 0 saturated carbocycles. The van der Waals surface area contributed by atoms with Gasteiger partial charge >= 0.3 is 0 Å². The molecule has 0 bridgehead atoms. The lowest BCUT2D eigenvalue weighted by Gasteiger charge is -1.92. The molecule has 0 nitrogen and oxygen atoms in total. The highest BCUT2D eigenvalue weighted by molar-refractivity contribution is 5.81. The summed E-state index contributed by atoms with van der Waals surface area (Å²) in [5.41, 5.74) is 0. The van der Waals surface area contributed by atoms with Crippen LogP contribution in [0.4, 0.5) is 0 Å². The van der Waals surface area contributed by atoms with Crippen LogP contribution in [0, 0.1) is 0 Å². The number of hydrogen-bond donors (Lipinski definition) is 0. The van der Waals surface area contributed by atoms with Crippen LogP contribution < -0.4 is 0 Å². The van der Waals surface area contributed by atoms with E-state index in [1.807, 2.05) is 55.4 Å². The van der Waals surface area contributed by atoms with Crippen LogP contribution in [0.15, 0.2) is 48.5 Å². The van der Waals surface area contributed by atoms with Gasteiger partial charge in [-0.2, -0.15) is 0 Å². The third kappa shape index (κ3) is 18.7. The Morgan fingerprint density at radius 1 is 0.476 bits per heavy atom. The van der Waals surface area contributed by atoms with E-state index in [9.17, 15) is 0 Å². The molecule has 0 heteroatoms. The smallest absolute Gasteiger partial charge is 0.0184 e. The van der Waals surface area contributed by atoms with Gasteiger partial charge in [-0.1, -0.05) is 124 Å². The van der Waals surface area contributed by atoms with Crippen LogP contribution in [0.2, 0.25) is 0 Å². The van der Waals surface area contributed by atoms with Gasteiger partial charge in [0.2, 0.25) is 0 Å². The lowest BCUT2D eigenvalue weighted by atomic mass is 10.1. The summed E-state index contributed by atoms with van der Waals surface area (Å²) in [6, 6.07) is 16.7. The van der Waals surface area contributed by atoms with Crippen LogP contribution in [-0.2, 0) is 0 Å². The second kappa shape index (κ2) is 31.2. The van der Waals surface area contributed by atoms with Crippen molar-refractivity contribution < 1.29 is 0 Å². The fourth-order valence-electron chi connectivity index (χ4n) is 1.13. The topological polar surface area (TPSA) is 0 Å². The van der Waals surface area contributed by atoms with E-state index < -0.39 is 0 Å². The first kappa shape index (κ1) is 27.9. The first-order valence-corrected chi connectivity index (χ1v) is 8.82. The van der Waals surface area contributed by atoms with Crippen LogP contribution >= 0.6 is 0 Å². The molecule has 0 atom stereocenters. The molecule has 2 aromatic rings. The van der Waals surface area contributed by atoms with Crippen molar-refractivity contribution >= 4 is 10.8 Å². The van der Waals surface area contributed by atoms with E-state index in [0.717, 1.165) is 0 Å². The Bertz CT molecular complexity index is 284. The normalized spacial score (nSPS) is 6.76. The lowest BCUT2D eigenvalue weighted by Crippen LogP contribution is -1.67. The van der Waals surface area contributed by atoms with E-state index in [1.54, 1.807) is 0 Å². The number of hydrogen-bond acceptors (Lipinski definition) is 0. The van der Waals surface area contributed by atoms with Gasteiger partial charge in [0.05, 0.1) is 0 Å². The van der Waals surface area contributed by atoms with Gasteiger partial charge in [-0.05, 0) is 10.8 Å². The molecule has 124 valence electrons. The first-order chi connectivity index (χ1) is 10.4. The maximum Gasteiger partial charge on any atom is -0.0184 e. The van der Waals surface area contributed by atoms with Gasteiger partial charge in [0.1, 0.15) is 0 Å². The minimum absolute atomic E-state index is 1.25. The highest BCUT2D eigenvalue weighted by atomic mass is 13.9. The summed E-state index contributed by atoms with van der Waals surface area (Å²) in [6.45, 7) is 20.2. The zero-order chi connectivity index (χ0) is 17.5. The largest absolute Gasteiger partial charge is 0.0683 e. The van der Waals surface area contributed by atoms with E-state index in [1.165, 1.54) is 17.2 Å². The van der Waals surface area contributed by atoms with E-state index in [2.05, 4.69) is 62.4 Å². The molecule has 0 aliphatic heterocycles. The van der Waals surface area contributed by atoms with Gasteiger partial charge < -0.3 is 0 Å². The molecule has 0 spiro atoms. The second-order valence-electron chi connectivity index (χ2n) is 3.05. The fraction of sp³-hybridized carbons (Fsp3) is 0.524. The minimum Gasteiger partial charge on any atom is -0.0683 e. The molecule has 0 unspecified atom stereocenters. The molecule has 0 amide bonds. The Kier molecular flexibility index (Phi) is 41.5. The summed E-state index contributed by atoms with van der Waals surface area (Å²) in [5.74, 6) is 0. The summed E-state index contributed by atoms with van der Waals surface area (Å²) in [5, 5.41) is 2.62. The Hall–Kier alpha value is -1.30. The molecular weight excluding hydrogens is 252 g/mol. The molecule has 0 saturated heterocycles. The Morgan fingerprint density at radius 2 is 0.619 bits per heavy atom. The van der Waals surface area contributed by atoms with Crippen molar-refractivity contribution in [2.75, 3.05) is 0 Å². The molecule has 21 heavy (non-hydrogen) atoms. The highest BCUT2D eigenvalue weighted by Crippen LogP contribution is 2.11. The van der Waals surface area contributed by atoms with Gasteiger partial charge in [-0.15, -0.1) is 0 Å². The monoisotopic (exact) mass is 292 g/mol.